The molecule has 0 unspecified atom stereocenters. The van der Waals surface area contributed by atoms with E-state index in [-0.39, 0.29) is 5.75 Å². The smallest absolute Gasteiger partial charge is 0.218 e. The molecule has 0 aliphatic heterocycles. The lowest BCUT2D eigenvalue weighted by molar-refractivity contribution is 0.395. The third-order valence-corrected chi connectivity index (χ3v) is 5.17. The van der Waals surface area contributed by atoms with E-state index in [1.807, 2.05) is 6.92 Å². The van der Waals surface area contributed by atoms with Gasteiger partial charge in [0.2, 0.25) is 10.0 Å². The van der Waals surface area contributed by atoms with E-state index in [4.69, 9.17) is 5.73 Å². The van der Waals surface area contributed by atoms with Gasteiger partial charge in [-0.2, -0.15) is 0 Å². The molecule has 0 radical (unpaired) electrons. The minimum Gasteiger partial charge on any atom is -0.399 e. The fraction of sp³-hybridized carbons (Fsp3) is 0.571. The number of benzene rings is 1. The normalized spacial score (nSPS) is 15.9. The molecule has 0 bridgehead atoms. The van der Waals surface area contributed by atoms with Gasteiger partial charge < -0.3 is 5.73 Å². The molecule has 0 atom stereocenters. The number of rotatable bonds is 7. The van der Waals surface area contributed by atoms with Crippen molar-refractivity contribution in [3.63, 3.8) is 0 Å². The van der Waals surface area contributed by atoms with Gasteiger partial charge in [-0.3, -0.25) is 0 Å². The quantitative estimate of drug-likeness (QED) is 0.780. The summed E-state index contributed by atoms with van der Waals surface area (Å²) >= 11 is 0. The zero-order valence-electron chi connectivity index (χ0n) is 11.4. The number of hydrogen-bond acceptors (Lipinski definition) is 3. The average molecular weight is 282 g/mol. The van der Waals surface area contributed by atoms with Gasteiger partial charge in [0.05, 0.1) is 5.75 Å². The number of nitrogen functional groups attached to an aromatic ring is 1. The van der Waals surface area contributed by atoms with Gasteiger partial charge in [-0.1, -0.05) is 19.1 Å². The molecule has 1 saturated carbocycles. The number of nitrogens with two attached hydrogens (primary N) is 1. The predicted molar refractivity (Wildman–Crippen MR) is 78.1 cm³/mol. The summed E-state index contributed by atoms with van der Waals surface area (Å²) in [5.74, 6) is 0.646. The summed E-state index contributed by atoms with van der Waals surface area (Å²) in [4.78, 5) is 0. The first-order valence-corrected chi connectivity index (χ1v) is 8.44. The maximum atomic E-state index is 12.4. The van der Waals surface area contributed by atoms with Crippen LogP contribution in [0.15, 0.2) is 24.3 Å². The lowest BCUT2D eigenvalue weighted by Gasteiger charge is -2.21. The van der Waals surface area contributed by atoms with E-state index in [0.717, 1.165) is 24.8 Å². The molecule has 5 heteroatoms. The second-order valence-corrected chi connectivity index (χ2v) is 7.27. The highest BCUT2D eigenvalue weighted by molar-refractivity contribution is 7.88. The van der Waals surface area contributed by atoms with Gasteiger partial charge in [-0.15, -0.1) is 0 Å². The molecule has 0 heterocycles. The van der Waals surface area contributed by atoms with E-state index >= 15 is 0 Å². The molecule has 0 amide bonds. The Morgan fingerprint density at radius 3 is 2.42 bits per heavy atom. The molecule has 0 aromatic heterocycles. The molecule has 0 saturated heterocycles. The molecular formula is C14H22N2O2S. The SMILES string of the molecule is CCCN(CC1CC1)S(=O)(=O)Cc1ccc(N)cc1. The molecule has 1 fully saturated rings. The minimum absolute atomic E-state index is 0.0694. The van der Waals surface area contributed by atoms with Crippen molar-refractivity contribution in [3.8, 4) is 0 Å². The van der Waals surface area contributed by atoms with Crippen LogP contribution in [0.3, 0.4) is 0 Å². The van der Waals surface area contributed by atoms with Gasteiger partial charge in [-0.25, -0.2) is 12.7 Å². The summed E-state index contributed by atoms with van der Waals surface area (Å²) in [5.41, 5.74) is 7.07. The highest BCUT2D eigenvalue weighted by atomic mass is 32.2. The van der Waals surface area contributed by atoms with Gasteiger partial charge >= 0.3 is 0 Å². The van der Waals surface area contributed by atoms with Gasteiger partial charge in [0, 0.05) is 18.8 Å². The van der Waals surface area contributed by atoms with Crippen LogP contribution in [0.1, 0.15) is 31.7 Å². The zero-order chi connectivity index (χ0) is 13.9. The number of sulfonamides is 1. The van der Waals surface area contributed by atoms with Crippen LogP contribution in [0.4, 0.5) is 5.69 Å². The molecule has 1 aliphatic carbocycles. The van der Waals surface area contributed by atoms with Crippen LogP contribution in [0, 0.1) is 5.92 Å². The van der Waals surface area contributed by atoms with Crippen LogP contribution in [-0.2, 0) is 15.8 Å². The first kappa shape index (κ1) is 14.3. The Labute approximate surface area is 115 Å². The molecule has 4 nitrogen and oxygen atoms in total. The van der Waals surface area contributed by atoms with Crippen LogP contribution >= 0.6 is 0 Å². The van der Waals surface area contributed by atoms with Gasteiger partial charge in [0.15, 0.2) is 0 Å². The molecule has 1 aromatic carbocycles. The highest BCUT2D eigenvalue weighted by Crippen LogP contribution is 2.31. The van der Waals surface area contributed by atoms with E-state index in [1.54, 1.807) is 28.6 Å². The fourth-order valence-electron chi connectivity index (χ4n) is 2.10. The van der Waals surface area contributed by atoms with Crippen molar-refractivity contribution in [1.29, 1.82) is 0 Å². The number of nitrogens with zero attached hydrogens (tertiary/aromatic N) is 1. The molecule has 106 valence electrons. The summed E-state index contributed by atoms with van der Waals surface area (Å²) in [6.45, 7) is 3.32. The minimum atomic E-state index is -3.21. The first-order chi connectivity index (χ1) is 9.01. The monoisotopic (exact) mass is 282 g/mol. The lowest BCUT2D eigenvalue weighted by atomic mass is 10.2. The third kappa shape index (κ3) is 4.21. The van der Waals surface area contributed by atoms with Gasteiger partial charge in [0.1, 0.15) is 0 Å². The average Bonchev–Trinajstić information content (AvgIpc) is 3.15. The topological polar surface area (TPSA) is 63.4 Å². The molecule has 1 aromatic rings. The third-order valence-electron chi connectivity index (χ3n) is 3.35. The van der Waals surface area contributed by atoms with E-state index in [9.17, 15) is 8.42 Å². The molecule has 0 spiro atoms. The van der Waals surface area contributed by atoms with Crippen LogP contribution < -0.4 is 5.73 Å². The van der Waals surface area contributed by atoms with Crippen molar-refractivity contribution >= 4 is 15.7 Å². The summed E-state index contributed by atoms with van der Waals surface area (Å²) in [5, 5.41) is 0. The Kier molecular flexibility index (Phi) is 4.47. The Hall–Kier alpha value is -1.07. The second-order valence-electron chi connectivity index (χ2n) is 5.30. The molecule has 1 aliphatic rings. The van der Waals surface area contributed by atoms with Crippen LogP contribution in [0.25, 0.3) is 0 Å². The van der Waals surface area contributed by atoms with E-state index in [0.29, 0.717) is 24.7 Å². The summed E-state index contributed by atoms with van der Waals surface area (Å²) in [6.07, 6.45) is 3.18. The van der Waals surface area contributed by atoms with E-state index in [2.05, 4.69) is 0 Å². The maximum Gasteiger partial charge on any atom is 0.218 e. The zero-order valence-corrected chi connectivity index (χ0v) is 12.2. The van der Waals surface area contributed by atoms with Gasteiger partial charge in [0.25, 0.3) is 0 Å². The molecule has 2 rings (SSSR count). The number of hydrogen-bond donors (Lipinski definition) is 1. The van der Waals surface area contributed by atoms with Crippen molar-refractivity contribution < 1.29 is 8.42 Å². The number of anilines is 1. The Balaban J connectivity index is 2.07. The van der Waals surface area contributed by atoms with Crippen molar-refractivity contribution in [2.24, 2.45) is 5.92 Å². The van der Waals surface area contributed by atoms with E-state index < -0.39 is 10.0 Å². The van der Waals surface area contributed by atoms with Crippen LogP contribution in [-0.4, -0.2) is 25.8 Å². The summed E-state index contributed by atoms with van der Waals surface area (Å²) in [6, 6.07) is 7.06. The van der Waals surface area contributed by atoms with Crippen LogP contribution in [0.2, 0.25) is 0 Å². The molecular weight excluding hydrogens is 260 g/mol. The van der Waals surface area contributed by atoms with Crippen molar-refractivity contribution in [2.45, 2.75) is 31.9 Å². The van der Waals surface area contributed by atoms with Gasteiger partial charge in [-0.05, 0) is 42.9 Å². The highest BCUT2D eigenvalue weighted by Gasteiger charge is 2.30. The van der Waals surface area contributed by atoms with Crippen molar-refractivity contribution in [1.82, 2.24) is 4.31 Å². The largest absolute Gasteiger partial charge is 0.399 e. The van der Waals surface area contributed by atoms with E-state index in [1.165, 1.54) is 0 Å². The summed E-state index contributed by atoms with van der Waals surface area (Å²) < 4.78 is 26.5. The Morgan fingerprint density at radius 2 is 1.89 bits per heavy atom. The molecule has 2 N–H and O–H groups in total. The molecule has 19 heavy (non-hydrogen) atoms. The van der Waals surface area contributed by atoms with Crippen molar-refractivity contribution in [2.75, 3.05) is 18.8 Å². The maximum absolute atomic E-state index is 12.4. The van der Waals surface area contributed by atoms with Crippen LogP contribution in [0.5, 0.6) is 0 Å². The van der Waals surface area contributed by atoms with Crippen molar-refractivity contribution in [3.05, 3.63) is 29.8 Å². The lowest BCUT2D eigenvalue weighted by Crippen LogP contribution is -2.34. The predicted octanol–water partition coefficient (Wildman–Crippen LogP) is 2.22. The Morgan fingerprint density at radius 1 is 1.26 bits per heavy atom. The second kappa shape index (κ2) is 5.92. The standard InChI is InChI=1S/C14H22N2O2S/c1-2-9-16(10-12-3-4-12)19(17,18)11-13-5-7-14(15)8-6-13/h5-8,12H,2-4,9-11,15H2,1H3. The Bertz CT molecular complexity index is 507. The summed E-state index contributed by atoms with van der Waals surface area (Å²) in [7, 11) is -3.21. The fourth-order valence-corrected chi connectivity index (χ4v) is 3.79. The first-order valence-electron chi connectivity index (χ1n) is 6.83.